The van der Waals surface area contributed by atoms with Crippen molar-refractivity contribution in [3.8, 4) is 146 Å². The fourth-order valence-corrected chi connectivity index (χ4v) is 20.5. The van der Waals surface area contributed by atoms with Crippen molar-refractivity contribution in [2.24, 2.45) is 0 Å². The summed E-state index contributed by atoms with van der Waals surface area (Å²) in [6.45, 7) is 0. The molecule has 19 aromatic carbocycles. The highest BCUT2D eigenvalue weighted by Crippen LogP contribution is 2.51. The molecule has 23 aromatic rings. The van der Waals surface area contributed by atoms with Crippen LogP contribution in [0, 0.1) is 0 Å². The van der Waals surface area contributed by atoms with Gasteiger partial charge in [0.25, 0.3) is 0 Å². The largest absolute Gasteiger partial charge is 0.208 e. The lowest BCUT2D eigenvalue weighted by atomic mass is 9.83. The van der Waals surface area contributed by atoms with E-state index >= 15 is 0 Å². The van der Waals surface area contributed by atoms with E-state index in [2.05, 4.69) is 382 Å². The number of fused-ring (bicyclic) bond motifs is 11. The van der Waals surface area contributed by atoms with Crippen molar-refractivity contribution < 1.29 is 0 Å². The molecule has 8 heteroatoms. The number of hydrogen-bond donors (Lipinski definition) is 0. The Kier molecular flexibility index (Phi) is 16.5. The molecule has 4 aromatic heterocycles. The van der Waals surface area contributed by atoms with Crippen molar-refractivity contribution in [3.05, 3.63) is 400 Å². The smallest absolute Gasteiger partial charge is 0.165 e. The van der Waals surface area contributed by atoms with Crippen LogP contribution in [0.1, 0.15) is 0 Å². The number of aromatic nitrogens is 6. The Balaban J connectivity index is 0.676. The van der Waals surface area contributed by atoms with Crippen LogP contribution in [0.3, 0.4) is 0 Å². The van der Waals surface area contributed by atoms with Gasteiger partial charge in [-0.2, -0.15) is 0 Å². The molecule has 0 aliphatic rings. The van der Waals surface area contributed by atoms with Crippen LogP contribution in [-0.4, -0.2) is 29.9 Å². The zero-order chi connectivity index (χ0) is 77.7. The van der Waals surface area contributed by atoms with E-state index < -0.39 is 0 Å². The molecule has 0 bridgehead atoms. The van der Waals surface area contributed by atoms with E-state index in [0.29, 0.717) is 34.9 Å². The molecular formula is C110H66N6S2. The molecule has 0 aliphatic carbocycles. The van der Waals surface area contributed by atoms with Crippen LogP contribution >= 0.6 is 22.7 Å². The summed E-state index contributed by atoms with van der Waals surface area (Å²) in [6.07, 6.45) is 0. The molecule has 0 spiro atoms. The molecule has 0 amide bonds. The van der Waals surface area contributed by atoms with Gasteiger partial charge in [0, 0.05) is 73.7 Å². The maximum Gasteiger partial charge on any atom is 0.165 e. The second kappa shape index (κ2) is 28.5. The van der Waals surface area contributed by atoms with Gasteiger partial charge >= 0.3 is 0 Å². The van der Waals surface area contributed by atoms with Crippen molar-refractivity contribution in [3.63, 3.8) is 0 Å². The van der Waals surface area contributed by atoms with Crippen molar-refractivity contribution in [2.45, 2.75) is 0 Å². The molecule has 0 N–H and O–H groups in total. The zero-order valence-corrected chi connectivity index (χ0v) is 65.2. The summed E-state index contributed by atoms with van der Waals surface area (Å²) in [5, 5.41) is 16.4. The van der Waals surface area contributed by atoms with E-state index in [1.54, 1.807) is 22.7 Å². The summed E-state index contributed by atoms with van der Waals surface area (Å²) in [5.41, 5.74) is 21.3. The highest BCUT2D eigenvalue weighted by molar-refractivity contribution is 7.26. The molecule has 0 saturated carbocycles. The molecule has 4 heterocycles. The minimum Gasteiger partial charge on any atom is -0.208 e. The fraction of sp³-hybridized carbons (Fsp3) is 0. The minimum atomic E-state index is 0.556. The molecule has 23 rings (SSSR count). The first-order chi connectivity index (χ1) is 58.5. The van der Waals surface area contributed by atoms with Crippen LogP contribution in [0.25, 0.3) is 240 Å². The molecule has 0 saturated heterocycles. The van der Waals surface area contributed by atoms with Gasteiger partial charge in [-0.1, -0.05) is 352 Å². The van der Waals surface area contributed by atoms with Gasteiger partial charge in [0.2, 0.25) is 0 Å². The Labute approximate surface area is 688 Å². The predicted molar refractivity (Wildman–Crippen MR) is 497 cm³/mol. The van der Waals surface area contributed by atoms with Gasteiger partial charge < -0.3 is 0 Å². The maximum atomic E-state index is 5.63. The lowest BCUT2D eigenvalue weighted by Gasteiger charge is -2.20. The van der Waals surface area contributed by atoms with Crippen LogP contribution in [0.5, 0.6) is 0 Å². The molecule has 6 nitrogen and oxygen atoms in total. The average molecular weight is 1540 g/mol. The summed E-state index contributed by atoms with van der Waals surface area (Å²) in [5.74, 6) is 3.45. The third kappa shape index (κ3) is 11.7. The minimum absolute atomic E-state index is 0.556. The third-order valence-electron chi connectivity index (χ3n) is 23.4. The number of thiophene rings is 2. The van der Waals surface area contributed by atoms with Gasteiger partial charge in [-0.05, 0) is 180 Å². The molecule has 118 heavy (non-hydrogen) atoms. The summed E-state index contributed by atoms with van der Waals surface area (Å²) in [7, 11) is 0. The Hall–Kier alpha value is -15.1. The van der Waals surface area contributed by atoms with Gasteiger partial charge in [0.15, 0.2) is 34.9 Å². The van der Waals surface area contributed by atoms with Crippen LogP contribution in [0.2, 0.25) is 0 Å². The molecular weight excluding hydrogens is 1470 g/mol. The van der Waals surface area contributed by atoms with Crippen LogP contribution in [0.4, 0.5) is 0 Å². The summed E-state index contributed by atoms with van der Waals surface area (Å²) in [4.78, 5) is 33.3. The quantitative estimate of drug-likeness (QED) is 0.107. The van der Waals surface area contributed by atoms with Gasteiger partial charge in [-0.15, -0.1) is 22.7 Å². The lowest BCUT2D eigenvalue weighted by molar-refractivity contribution is 1.08. The Morgan fingerprint density at radius 3 is 0.949 bits per heavy atom. The third-order valence-corrected chi connectivity index (χ3v) is 25.8. The van der Waals surface area contributed by atoms with Crippen LogP contribution in [0.15, 0.2) is 400 Å². The Morgan fingerprint density at radius 1 is 0.136 bits per heavy atom. The summed E-state index contributed by atoms with van der Waals surface area (Å²) in [6, 6.07) is 144. The van der Waals surface area contributed by atoms with Gasteiger partial charge in [-0.3, -0.25) is 0 Å². The molecule has 0 unspecified atom stereocenters. The first-order valence-electron chi connectivity index (χ1n) is 39.9. The number of nitrogens with zero attached hydrogens (tertiary/aromatic N) is 6. The summed E-state index contributed by atoms with van der Waals surface area (Å²) < 4.78 is 4.58. The molecule has 0 aliphatic heterocycles. The van der Waals surface area contributed by atoms with E-state index in [0.717, 1.165) is 108 Å². The molecule has 0 fully saturated rings. The van der Waals surface area contributed by atoms with E-state index in [1.165, 1.54) is 97.0 Å². The highest BCUT2D eigenvalue weighted by Gasteiger charge is 2.26. The lowest BCUT2D eigenvalue weighted by Crippen LogP contribution is -2.01. The molecule has 548 valence electrons. The zero-order valence-electron chi connectivity index (χ0n) is 63.6. The van der Waals surface area contributed by atoms with E-state index in [9.17, 15) is 0 Å². The standard InChI is InChI=1S/C110H66N6S2/c1-4-30-67(31-5-1)77-42-10-13-47-83(77)101-88-52-18-14-48-84(88)99(85-49-15-19-53-89(85)101)71-37-27-40-74(63-71)107-111-105(69-34-8-3-9-35-69)113-110(116-107)96-66-76(65-95-82-46-23-25-59-98(82)118-104(95)96)70-36-26-39-73(62-70)106-112-108(115-109(114-106)94-57-29-56-93-81-45-22-24-58-97(81)117-103(93)94)75-41-28-38-72(64-75)100-86-50-16-20-54-90(86)102(91-55-21-17-51-87(91)100)92-61-60-78(68-32-6-2-7-33-68)79-43-11-12-44-80(79)92/h1-66H. The molecule has 0 radical (unpaired) electrons. The topological polar surface area (TPSA) is 77.3 Å². The Morgan fingerprint density at radius 2 is 0.441 bits per heavy atom. The first kappa shape index (κ1) is 68.5. The summed E-state index contributed by atoms with van der Waals surface area (Å²) >= 11 is 3.54. The van der Waals surface area contributed by atoms with Crippen molar-refractivity contribution in [1.29, 1.82) is 0 Å². The fourth-order valence-electron chi connectivity index (χ4n) is 18.1. The normalized spacial score (nSPS) is 11.7. The van der Waals surface area contributed by atoms with E-state index in [1.807, 2.05) is 18.2 Å². The second-order valence-corrected chi connectivity index (χ2v) is 32.3. The van der Waals surface area contributed by atoms with Gasteiger partial charge in [0.1, 0.15) is 0 Å². The van der Waals surface area contributed by atoms with Crippen LogP contribution in [-0.2, 0) is 0 Å². The van der Waals surface area contributed by atoms with E-state index in [4.69, 9.17) is 29.9 Å². The number of benzene rings is 19. The SMILES string of the molecule is c1ccc(-c2nc(-c3cccc(-c4c5ccccc5c(-c5ccccc5-c5ccccc5)c5ccccc45)c3)nc(-c3cc(-c4cccc(-c5nc(-c6cccc(-c7c8ccccc8c(-c8ccc(-c9ccccc9)c9ccccc89)c8ccccc78)c6)nc(-c6cccc7c6sc6ccccc67)n5)c4)cc4c3sc3ccccc34)n2)cc1. The average Bonchev–Trinajstić information content (AvgIpc) is 1.01. The van der Waals surface area contributed by atoms with Gasteiger partial charge in [0.05, 0.1) is 0 Å². The molecule has 0 atom stereocenters. The Bertz CT molecular complexity index is 7900. The van der Waals surface area contributed by atoms with E-state index in [-0.39, 0.29) is 0 Å². The first-order valence-corrected chi connectivity index (χ1v) is 41.5. The van der Waals surface area contributed by atoms with Crippen molar-refractivity contribution >= 4 is 117 Å². The van der Waals surface area contributed by atoms with Crippen molar-refractivity contribution in [1.82, 2.24) is 29.9 Å². The van der Waals surface area contributed by atoms with Gasteiger partial charge in [-0.25, -0.2) is 29.9 Å². The predicted octanol–water partition coefficient (Wildman–Crippen LogP) is 30.2. The van der Waals surface area contributed by atoms with Crippen molar-refractivity contribution in [2.75, 3.05) is 0 Å². The second-order valence-electron chi connectivity index (χ2n) is 30.2. The number of hydrogen-bond acceptors (Lipinski definition) is 8. The monoisotopic (exact) mass is 1530 g/mol. The highest BCUT2D eigenvalue weighted by atomic mass is 32.1. The number of rotatable bonds is 13. The maximum absolute atomic E-state index is 5.63. The van der Waals surface area contributed by atoms with Crippen LogP contribution < -0.4 is 0 Å².